The molecule has 0 saturated heterocycles. The molecule has 0 aliphatic carbocycles. The summed E-state index contributed by atoms with van der Waals surface area (Å²) in [4.78, 5) is 10.8. The molecule has 2 nitrogen and oxygen atoms in total. The van der Waals surface area contributed by atoms with Crippen molar-refractivity contribution in [1.29, 1.82) is 0 Å². The van der Waals surface area contributed by atoms with Crippen LogP contribution in [0.15, 0.2) is 30.3 Å². The lowest BCUT2D eigenvalue weighted by atomic mass is 10.0. The number of carboxylic acids is 1. The highest BCUT2D eigenvalue weighted by molar-refractivity contribution is 6.48. The van der Waals surface area contributed by atoms with Crippen molar-refractivity contribution in [1.82, 2.24) is 0 Å². The van der Waals surface area contributed by atoms with Crippen molar-refractivity contribution < 1.29 is 9.90 Å². The van der Waals surface area contributed by atoms with Crippen LogP contribution in [0.1, 0.15) is 5.56 Å². The lowest BCUT2D eigenvalue weighted by molar-refractivity contribution is -0.136. The topological polar surface area (TPSA) is 37.3 Å². The van der Waals surface area contributed by atoms with Crippen molar-refractivity contribution in [3.63, 3.8) is 0 Å². The minimum atomic E-state index is -0.912. The van der Waals surface area contributed by atoms with E-state index in [4.69, 9.17) is 51.5 Å². The van der Waals surface area contributed by atoms with Gasteiger partial charge in [-0.3, -0.25) is 4.79 Å². The van der Waals surface area contributed by atoms with Crippen LogP contribution in [-0.2, 0) is 11.2 Å². The molecule has 0 saturated carbocycles. The molecule has 0 heterocycles. The van der Waals surface area contributed by atoms with Gasteiger partial charge in [0.15, 0.2) is 0 Å². The maximum absolute atomic E-state index is 10.8. The van der Waals surface area contributed by atoms with Gasteiger partial charge in [-0.05, 0) is 35.4 Å². The van der Waals surface area contributed by atoms with E-state index in [1.54, 1.807) is 30.3 Å². The summed E-state index contributed by atoms with van der Waals surface area (Å²) >= 11 is 24.0. The number of carbonyl (C=O) groups is 1. The normalized spacial score (nSPS) is 10.6. The second kappa shape index (κ2) is 6.23. The Kier molecular flexibility index (Phi) is 4.82. The Morgan fingerprint density at radius 2 is 1.55 bits per heavy atom. The summed E-state index contributed by atoms with van der Waals surface area (Å²) in [5.74, 6) is -0.912. The van der Waals surface area contributed by atoms with Crippen LogP contribution in [0.5, 0.6) is 0 Å². The predicted molar refractivity (Wildman–Crippen MR) is 83.3 cm³/mol. The van der Waals surface area contributed by atoms with Crippen LogP contribution in [0.25, 0.3) is 11.1 Å². The molecule has 2 aromatic rings. The molecule has 104 valence electrons. The van der Waals surface area contributed by atoms with Crippen molar-refractivity contribution in [2.75, 3.05) is 0 Å². The van der Waals surface area contributed by atoms with E-state index in [0.717, 1.165) is 0 Å². The molecule has 20 heavy (non-hydrogen) atoms. The van der Waals surface area contributed by atoms with Gasteiger partial charge in [-0.1, -0.05) is 52.5 Å². The summed E-state index contributed by atoms with van der Waals surface area (Å²) in [6.45, 7) is 0. The summed E-state index contributed by atoms with van der Waals surface area (Å²) < 4.78 is 0. The maximum atomic E-state index is 10.8. The second-order valence-electron chi connectivity index (χ2n) is 4.14. The van der Waals surface area contributed by atoms with Crippen LogP contribution in [0.4, 0.5) is 0 Å². The van der Waals surface area contributed by atoms with Crippen LogP contribution >= 0.6 is 46.4 Å². The first-order valence-corrected chi connectivity index (χ1v) is 7.05. The van der Waals surface area contributed by atoms with E-state index in [9.17, 15) is 4.79 Å². The van der Waals surface area contributed by atoms with Crippen molar-refractivity contribution in [3.8, 4) is 11.1 Å². The van der Waals surface area contributed by atoms with Crippen molar-refractivity contribution >= 4 is 52.4 Å². The van der Waals surface area contributed by atoms with Crippen molar-refractivity contribution in [2.45, 2.75) is 6.42 Å². The van der Waals surface area contributed by atoms with E-state index in [1.165, 1.54) is 0 Å². The third kappa shape index (κ3) is 3.39. The quantitative estimate of drug-likeness (QED) is 0.733. The lowest BCUT2D eigenvalue weighted by Gasteiger charge is -2.09. The smallest absolute Gasteiger partial charge is 0.307 e. The standard InChI is InChI=1S/C14H8Cl4O2/c15-10-2-1-7(4-13(19)20)3-9(10)8-5-11(16)14(18)12(17)6-8/h1-3,5-6H,4H2,(H,19,20). The minimum absolute atomic E-state index is 0.0841. The zero-order valence-electron chi connectivity index (χ0n) is 9.96. The van der Waals surface area contributed by atoms with Gasteiger partial charge in [0.2, 0.25) is 0 Å². The molecule has 0 amide bonds. The molecule has 0 bridgehead atoms. The molecule has 6 heteroatoms. The number of aliphatic carboxylic acids is 1. The second-order valence-corrected chi connectivity index (χ2v) is 5.74. The fourth-order valence-corrected chi connectivity index (χ4v) is 2.61. The van der Waals surface area contributed by atoms with Crippen LogP contribution in [0.3, 0.4) is 0 Å². The SMILES string of the molecule is O=C(O)Cc1ccc(Cl)c(-c2cc(Cl)c(Cl)c(Cl)c2)c1. The summed E-state index contributed by atoms with van der Waals surface area (Å²) in [6.07, 6.45) is -0.0841. The van der Waals surface area contributed by atoms with Gasteiger partial charge in [0.05, 0.1) is 21.5 Å². The molecule has 0 atom stereocenters. The van der Waals surface area contributed by atoms with Gasteiger partial charge < -0.3 is 5.11 Å². The lowest BCUT2D eigenvalue weighted by Crippen LogP contribution is -2.00. The molecule has 2 aromatic carbocycles. The zero-order valence-corrected chi connectivity index (χ0v) is 13.0. The molecule has 1 N–H and O–H groups in total. The first-order valence-electron chi connectivity index (χ1n) is 5.53. The average Bonchev–Trinajstić information content (AvgIpc) is 2.37. The summed E-state index contributed by atoms with van der Waals surface area (Å²) in [6, 6.07) is 8.29. The van der Waals surface area contributed by atoms with Crippen LogP contribution in [0, 0.1) is 0 Å². The van der Waals surface area contributed by atoms with E-state index < -0.39 is 5.97 Å². The predicted octanol–water partition coefficient (Wildman–Crippen LogP) is 5.59. The first-order chi connectivity index (χ1) is 9.38. The Balaban J connectivity index is 2.54. The number of halogens is 4. The molecule has 2 rings (SSSR count). The molecule has 0 radical (unpaired) electrons. The van der Waals surface area contributed by atoms with Crippen molar-refractivity contribution in [3.05, 3.63) is 56.0 Å². The highest BCUT2D eigenvalue weighted by Gasteiger charge is 2.11. The highest BCUT2D eigenvalue weighted by atomic mass is 35.5. The molecule has 0 aliphatic rings. The third-order valence-electron chi connectivity index (χ3n) is 2.68. The Morgan fingerprint density at radius 1 is 0.950 bits per heavy atom. The first kappa shape index (κ1) is 15.5. The van der Waals surface area contributed by atoms with Crippen LogP contribution in [0.2, 0.25) is 20.1 Å². The molecular weight excluding hydrogens is 342 g/mol. The molecule has 0 aliphatic heterocycles. The number of benzene rings is 2. The number of rotatable bonds is 3. The fraction of sp³-hybridized carbons (Fsp3) is 0.0714. The Bertz CT molecular complexity index is 660. The summed E-state index contributed by atoms with van der Waals surface area (Å²) in [7, 11) is 0. The van der Waals surface area contributed by atoms with Gasteiger partial charge in [0.1, 0.15) is 0 Å². The van der Waals surface area contributed by atoms with Crippen molar-refractivity contribution in [2.24, 2.45) is 0 Å². The fourth-order valence-electron chi connectivity index (χ4n) is 1.79. The van der Waals surface area contributed by atoms with Gasteiger partial charge >= 0.3 is 5.97 Å². The Morgan fingerprint density at radius 3 is 2.10 bits per heavy atom. The highest BCUT2D eigenvalue weighted by Crippen LogP contribution is 2.37. The number of hydrogen-bond donors (Lipinski definition) is 1. The molecule has 0 aromatic heterocycles. The summed E-state index contributed by atoms with van der Waals surface area (Å²) in [5, 5.41) is 10.2. The zero-order chi connectivity index (χ0) is 14.9. The number of hydrogen-bond acceptors (Lipinski definition) is 1. The number of carboxylic acid groups (broad SMARTS) is 1. The van der Waals surface area contributed by atoms with Crippen LogP contribution < -0.4 is 0 Å². The largest absolute Gasteiger partial charge is 0.481 e. The van der Waals surface area contributed by atoms with E-state index >= 15 is 0 Å². The molecule has 0 spiro atoms. The molecular formula is C14H8Cl4O2. The van der Waals surface area contributed by atoms with Gasteiger partial charge in [-0.25, -0.2) is 0 Å². The van der Waals surface area contributed by atoms with Gasteiger partial charge in [-0.15, -0.1) is 0 Å². The van der Waals surface area contributed by atoms with Crippen LogP contribution in [-0.4, -0.2) is 11.1 Å². The Labute approximate surface area is 135 Å². The molecule has 0 unspecified atom stereocenters. The van der Waals surface area contributed by atoms with Gasteiger partial charge in [0, 0.05) is 10.6 Å². The average molecular weight is 350 g/mol. The van der Waals surface area contributed by atoms with E-state index in [-0.39, 0.29) is 11.4 Å². The Hall–Kier alpha value is -0.930. The van der Waals surface area contributed by atoms with E-state index in [0.29, 0.717) is 31.8 Å². The van der Waals surface area contributed by atoms with Gasteiger partial charge in [-0.2, -0.15) is 0 Å². The van der Waals surface area contributed by atoms with Gasteiger partial charge in [0.25, 0.3) is 0 Å². The van der Waals surface area contributed by atoms with E-state index in [1.807, 2.05) is 0 Å². The molecule has 0 fully saturated rings. The third-order valence-corrected chi connectivity index (χ3v) is 4.21. The summed E-state index contributed by atoms with van der Waals surface area (Å²) in [5.41, 5.74) is 1.98. The monoisotopic (exact) mass is 348 g/mol. The minimum Gasteiger partial charge on any atom is -0.481 e. The maximum Gasteiger partial charge on any atom is 0.307 e. The van der Waals surface area contributed by atoms with E-state index in [2.05, 4.69) is 0 Å².